The minimum atomic E-state index is -0.364. The first-order chi connectivity index (χ1) is 13.6. The standard InChI is InChI=1S/C17H24N8O3/c1-2-3-6-28-16-23-14(18)13-15(24-16)25(17(27)22-13)10-12-9-20-11(8-21-12)7-19-4-5-26/h8-9,19,26H,2-7,10H2,1H3,(H,22,27)(H2,18,23,24). The Morgan fingerprint density at radius 2 is 2.07 bits per heavy atom. The monoisotopic (exact) mass is 388 g/mol. The highest BCUT2D eigenvalue weighted by molar-refractivity contribution is 5.81. The summed E-state index contributed by atoms with van der Waals surface area (Å²) < 4.78 is 6.95. The smallest absolute Gasteiger partial charge is 0.328 e. The van der Waals surface area contributed by atoms with Gasteiger partial charge in [0.25, 0.3) is 0 Å². The van der Waals surface area contributed by atoms with E-state index in [0.29, 0.717) is 36.6 Å². The van der Waals surface area contributed by atoms with Gasteiger partial charge in [-0.3, -0.25) is 14.5 Å². The van der Waals surface area contributed by atoms with Crippen molar-refractivity contribution in [2.75, 3.05) is 25.5 Å². The summed E-state index contributed by atoms with van der Waals surface area (Å²) in [5.41, 5.74) is 7.65. The van der Waals surface area contributed by atoms with Gasteiger partial charge in [0.05, 0.1) is 43.5 Å². The van der Waals surface area contributed by atoms with Crippen LogP contribution in [0.3, 0.4) is 0 Å². The number of aliphatic hydroxyl groups is 1. The molecule has 150 valence electrons. The van der Waals surface area contributed by atoms with E-state index in [1.807, 2.05) is 0 Å². The maximum atomic E-state index is 12.4. The molecule has 0 atom stereocenters. The van der Waals surface area contributed by atoms with Gasteiger partial charge >= 0.3 is 11.7 Å². The molecule has 0 saturated carbocycles. The van der Waals surface area contributed by atoms with Crippen LogP contribution < -0.4 is 21.5 Å². The number of aromatic amines is 1. The first-order valence-corrected chi connectivity index (χ1v) is 9.12. The second kappa shape index (κ2) is 9.24. The average molecular weight is 388 g/mol. The maximum absolute atomic E-state index is 12.4. The summed E-state index contributed by atoms with van der Waals surface area (Å²) in [6, 6.07) is 0.141. The van der Waals surface area contributed by atoms with E-state index in [-0.39, 0.29) is 30.7 Å². The van der Waals surface area contributed by atoms with Crippen LogP contribution in [0.4, 0.5) is 5.82 Å². The largest absolute Gasteiger partial charge is 0.463 e. The van der Waals surface area contributed by atoms with Gasteiger partial charge in [-0.1, -0.05) is 13.3 Å². The van der Waals surface area contributed by atoms with E-state index in [9.17, 15) is 4.79 Å². The van der Waals surface area contributed by atoms with Gasteiger partial charge in [-0.05, 0) is 6.42 Å². The van der Waals surface area contributed by atoms with Crippen molar-refractivity contribution in [1.82, 2.24) is 34.8 Å². The van der Waals surface area contributed by atoms with Crippen LogP contribution in [0.5, 0.6) is 6.01 Å². The molecule has 0 aliphatic heterocycles. The van der Waals surface area contributed by atoms with Crippen molar-refractivity contribution in [3.05, 3.63) is 34.3 Å². The summed E-state index contributed by atoms with van der Waals surface area (Å²) >= 11 is 0. The minimum absolute atomic E-state index is 0.0597. The number of fused-ring (bicyclic) bond motifs is 1. The van der Waals surface area contributed by atoms with Crippen molar-refractivity contribution in [1.29, 1.82) is 0 Å². The molecule has 0 saturated heterocycles. The predicted molar refractivity (Wildman–Crippen MR) is 103 cm³/mol. The summed E-state index contributed by atoms with van der Waals surface area (Å²) in [4.78, 5) is 32.1. The second-order valence-electron chi connectivity index (χ2n) is 6.21. The van der Waals surface area contributed by atoms with Gasteiger partial charge in [0.1, 0.15) is 5.52 Å². The highest BCUT2D eigenvalue weighted by Crippen LogP contribution is 2.18. The molecule has 0 fully saturated rings. The van der Waals surface area contributed by atoms with Crippen molar-refractivity contribution < 1.29 is 9.84 Å². The normalized spacial score (nSPS) is 11.2. The van der Waals surface area contributed by atoms with Crippen LogP contribution in [0.2, 0.25) is 0 Å². The molecule has 0 radical (unpaired) electrons. The number of aromatic nitrogens is 6. The molecule has 28 heavy (non-hydrogen) atoms. The Morgan fingerprint density at radius 1 is 1.29 bits per heavy atom. The van der Waals surface area contributed by atoms with Crippen LogP contribution in [-0.4, -0.2) is 54.4 Å². The number of rotatable bonds is 10. The fraction of sp³-hybridized carbons (Fsp3) is 0.471. The van der Waals surface area contributed by atoms with Gasteiger partial charge in [0.2, 0.25) is 0 Å². The highest BCUT2D eigenvalue weighted by atomic mass is 16.5. The first kappa shape index (κ1) is 19.7. The van der Waals surface area contributed by atoms with Gasteiger partial charge in [0.15, 0.2) is 11.5 Å². The number of nitrogens with two attached hydrogens (primary N) is 1. The Labute approximate surface area is 161 Å². The number of H-pyrrole nitrogens is 1. The van der Waals surface area contributed by atoms with Gasteiger partial charge in [-0.15, -0.1) is 0 Å². The van der Waals surface area contributed by atoms with Crippen LogP contribution in [0.1, 0.15) is 31.2 Å². The fourth-order valence-electron chi connectivity index (χ4n) is 2.56. The number of nitrogens with one attached hydrogen (secondary N) is 2. The number of nitrogen functional groups attached to an aromatic ring is 1. The molecule has 3 heterocycles. The lowest BCUT2D eigenvalue weighted by molar-refractivity contribution is 0.286. The predicted octanol–water partition coefficient (Wildman–Crippen LogP) is -0.199. The lowest BCUT2D eigenvalue weighted by atomic mass is 10.4. The molecule has 0 unspecified atom stereocenters. The number of hydrogen-bond acceptors (Lipinski definition) is 9. The Morgan fingerprint density at radius 3 is 2.79 bits per heavy atom. The molecule has 0 aliphatic rings. The molecule has 0 bridgehead atoms. The average Bonchev–Trinajstić information content (AvgIpc) is 3.00. The third-order valence-electron chi connectivity index (χ3n) is 4.03. The Hall–Kier alpha value is -3.05. The van der Waals surface area contributed by atoms with Gasteiger partial charge in [0, 0.05) is 13.1 Å². The SMILES string of the molecule is CCCCOc1nc(N)c2[nH]c(=O)n(Cc3cnc(CNCCO)cn3)c2n1. The van der Waals surface area contributed by atoms with Gasteiger partial charge < -0.3 is 25.9 Å². The zero-order valence-electron chi connectivity index (χ0n) is 15.7. The van der Waals surface area contributed by atoms with Crippen LogP contribution in [-0.2, 0) is 13.1 Å². The van der Waals surface area contributed by atoms with Crippen LogP contribution >= 0.6 is 0 Å². The van der Waals surface area contributed by atoms with E-state index < -0.39 is 0 Å². The molecule has 3 aromatic heterocycles. The van der Waals surface area contributed by atoms with Crippen molar-refractivity contribution in [3.8, 4) is 6.01 Å². The zero-order chi connectivity index (χ0) is 19.9. The minimum Gasteiger partial charge on any atom is -0.463 e. The molecular formula is C17H24N8O3. The van der Waals surface area contributed by atoms with Gasteiger partial charge in [-0.2, -0.15) is 9.97 Å². The summed E-state index contributed by atoms with van der Waals surface area (Å²) in [5, 5.41) is 11.8. The quantitative estimate of drug-likeness (QED) is 0.345. The van der Waals surface area contributed by atoms with E-state index in [2.05, 4.69) is 37.2 Å². The number of imidazole rings is 1. The molecule has 0 aromatic carbocycles. The molecule has 11 heteroatoms. The summed E-state index contributed by atoms with van der Waals surface area (Å²) in [5.74, 6) is 0.156. The van der Waals surface area contributed by atoms with E-state index >= 15 is 0 Å². The number of ether oxygens (including phenoxy) is 1. The zero-order valence-corrected chi connectivity index (χ0v) is 15.7. The topological polar surface area (TPSA) is 157 Å². The molecular weight excluding hydrogens is 364 g/mol. The number of aliphatic hydroxyl groups excluding tert-OH is 1. The van der Waals surface area contributed by atoms with Crippen molar-refractivity contribution >= 4 is 17.0 Å². The van der Waals surface area contributed by atoms with Crippen molar-refractivity contribution in [3.63, 3.8) is 0 Å². The Bertz CT molecular complexity index is 967. The lowest BCUT2D eigenvalue weighted by Crippen LogP contribution is -2.20. The number of hydrogen-bond donors (Lipinski definition) is 4. The summed E-state index contributed by atoms with van der Waals surface area (Å²) in [6.45, 7) is 3.76. The molecule has 0 amide bonds. The molecule has 5 N–H and O–H groups in total. The lowest BCUT2D eigenvalue weighted by Gasteiger charge is -2.07. The third-order valence-corrected chi connectivity index (χ3v) is 4.03. The summed E-state index contributed by atoms with van der Waals surface area (Å²) in [6.07, 6.45) is 5.08. The van der Waals surface area contributed by atoms with E-state index in [0.717, 1.165) is 18.5 Å². The Balaban J connectivity index is 1.82. The van der Waals surface area contributed by atoms with E-state index in [4.69, 9.17) is 15.6 Å². The number of anilines is 1. The first-order valence-electron chi connectivity index (χ1n) is 9.12. The molecule has 3 aromatic rings. The van der Waals surface area contributed by atoms with E-state index in [1.165, 1.54) is 4.57 Å². The maximum Gasteiger partial charge on any atom is 0.328 e. The highest BCUT2D eigenvalue weighted by Gasteiger charge is 2.15. The Kier molecular flexibility index (Phi) is 6.50. The van der Waals surface area contributed by atoms with E-state index in [1.54, 1.807) is 12.4 Å². The molecule has 3 rings (SSSR count). The van der Waals surface area contributed by atoms with Crippen LogP contribution in [0, 0.1) is 0 Å². The van der Waals surface area contributed by atoms with Gasteiger partial charge in [-0.25, -0.2) is 4.79 Å². The molecule has 0 aliphatic carbocycles. The van der Waals surface area contributed by atoms with Crippen LogP contribution in [0.25, 0.3) is 11.2 Å². The van der Waals surface area contributed by atoms with Crippen LogP contribution in [0.15, 0.2) is 17.2 Å². The van der Waals surface area contributed by atoms with Crippen molar-refractivity contribution in [2.24, 2.45) is 0 Å². The number of unbranched alkanes of at least 4 members (excludes halogenated alkanes) is 1. The number of nitrogens with zero attached hydrogens (tertiary/aromatic N) is 5. The summed E-state index contributed by atoms with van der Waals surface area (Å²) in [7, 11) is 0. The van der Waals surface area contributed by atoms with Crippen molar-refractivity contribution in [2.45, 2.75) is 32.9 Å². The fourth-order valence-corrected chi connectivity index (χ4v) is 2.56. The molecule has 11 nitrogen and oxygen atoms in total. The second-order valence-corrected chi connectivity index (χ2v) is 6.21. The molecule has 0 spiro atoms. The third kappa shape index (κ3) is 4.61.